The molecule has 0 fully saturated rings. The third-order valence-electron chi connectivity index (χ3n) is 6.62. The second kappa shape index (κ2) is 8.37. The number of aromatic nitrogens is 2. The van der Waals surface area contributed by atoms with Gasteiger partial charge in [0.05, 0.1) is 18.6 Å². The molecule has 36 heavy (non-hydrogen) atoms. The van der Waals surface area contributed by atoms with Gasteiger partial charge in [-0.15, -0.1) is 0 Å². The lowest BCUT2D eigenvalue weighted by atomic mass is 10.0. The number of carbonyl (C=O) groups excluding carboxylic acids is 1. The van der Waals surface area contributed by atoms with Crippen molar-refractivity contribution in [3.63, 3.8) is 0 Å². The molecular weight excluding hydrogens is 448 g/mol. The summed E-state index contributed by atoms with van der Waals surface area (Å²) in [5.74, 6) is 1.90. The molecule has 1 aromatic heterocycles. The van der Waals surface area contributed by atoms with Gasteiger partial charge >= 0.3 is 0 Å². The molecular formula is C29H28N6O. The van der Waals surface area contributed by atoms with Crippen molar-refractivity contribution in [2.45, 2.75) is 25.9 Å². The highest BCUT2D eigenvalue weighted by Crippen LogP contribution is 2.39. The van der Waals surface area contributed by atoms with E-state index in [1.54, 1.807) is 11.9 Å². The molecule has 3 heterocycles. The predicted octanol–water partition coefficient (Wildman–Crippen LogP) is 5.38. The number of nitrogens with one attached hydrogen (secondary N) is 1. The third kappa shape index (κ3) is 3.82. The maximum atomic E-state index is 13.6. The van der Waals surface area contributed by atoms with Gasteiger partial charge in [0.25, 0.3) is 5.91 Å². The van der Waals surface area contributed by atoms with E-state index in [0.717, 1.165) is 17.1 Å². The highest BCUT2D eigenvalue weighted by atomic mass is 16.2. The maximum absolute atomic E-state index is 13.6. The first kappa shape index (κ1) is 22.1. The molecule has 1 N–H and O–H groups in total. The molecule has 6 rings (SSSR count). The molecule has 0 atom stereocenters. The van der Waals surface area contributed by atoms with Gasteiger partial charge in [-0.2, -0.15) is 5.10 Å². The maximum Gasteiger partial charge on any atom is 0.267 e. The monoisotopic (exact) mass is 476 g/mol. The van der Waals surface area contributed by atoms with Gasteiger partial charge in [0.15, 0.2) is 5.82 Å². The number of carbonyl (C=O) groups is 1. The standard InChI is InChI=1S/C29H28N6O/c1-29(2)19-34-26-24(27(36)33(3)28(34)31-29)25(30-23-12-8-5-9-13-23)32-35(26)18-20-14-16-22(17-15-20)21-10-6-4-7-11-21/h4-17H,18-19H2,1-3H3,(H,30,32). The average Bonchev–Trinajstić information content (AvgIpc) is 3.40. The average molecular weight is 477 g/mol. The Balaban J connectivity index is 1.41. The first-order valence-corrected chi connectivity index (χ1v) is 12.1. The molecule has 1 amide bonds. The first-order chi connectivity index (χ1) is 17.4. The van der Waals surface area contributed by atoms with Gasteiger partial charge in [-0.3, -0.25) is 14.6 Å². The molecule has 0 saturated heterocycles. The van der Waals surface area contributed by atoms with Crippen LogP contribution >= 0.6 is 0 Å². The zero-order valence-corrected chi connectivity index (χ0v) is 20.6. The van der Waals surface area contributed by atoms with Crippen LogP contribution in [0.15, 0.2) is 89.9 Å². The summed E-state index contributed by atoms with van der Waals surface area (Å²) in [6.07, 6.45) is 0. The molecule has 7 nitrogen and oxygen atoms in total. The fraction of sp³-hybridized carbons (Fsp3) is 0.207. The zero-order chi connectivity index (χ0) is 24.9. The Morgan fingerprint density at radius 3 is 2.22 bits per heavy atom. The van der Waals surface area contributed by atoms with Crippen LogP contribution in [0.25, 0.3) is 11.1 Å². The molecule has 0 aliphatic carbocycles. The predicted molar refractivity (Wildman–Crippen MR) is 144 cm³/mol. The minimum absolute atomic E-state index is 0.109. The molecule has 4 aromatic rings. The highest BCUT2D eigenvalue weighted by molar-refractivity contribution is 6.21. The van der Waals surface area contributed by atoms with E-state index in [2.05, 4.69) is 60.5 Å². The van der Waals surface area contributed by atoms with E-state index in [1.165, 1.54) is 11.1 Å². The Morgan fingerprint density at radius 2 is 1.53 bits per heavy atom. The lowest BCUT2D eigenvalue weighted by molar-refractivity contribution is 0.0866. The van der Waals surface area contributed by atoms with Crippen molar-refractivity contribution in [3.8, 4) is 11.1 Å². The number of aliphatic imine (C=N–C) groups is 1. The van der Waals surface area contributed by atoms with Crippen LogP contribution in [0.2, 0.25) is 0 Å². The summed E-state index contributed by atoms with van der Waals surface area (Å²) in [6, 6.07) is 28.7. The third-order valence-corrected chi connectivity index (χ3v) is 6.62. The van der Waals surface area contributed by atoms with E-state index in [1.807, 2.05) is 53.2 Å². The van der Waals surface area contributed by atoms with Crippen molar-refractivity contribution in [2.75, 3.05) is 23.8 Å². The summed E-state index contributed by atoms with van der Waals surface area (Å²) >= 11 is 0. The second-order valence-corrected chi connectivity index (χ2v) is 9.93. The highest BCUT2D eigenvalue weighted by Gasteiger charge is 2.45. The number of fused-ring (bicyclic) bond motifs is 3. The fourth-order valence-corrected chi connectivity index (χ4v) is 4.89. The van der Waals surface area contributed by atoms with E-state index >= 15 is 0 Å². The molecule has 0 bridgehead atoms. The second-order valence-electron chi connectivity index (χ2n) is 9.93. The van der Waals surface area contributed by atoms with Gasteiger partial charge in [0.2, 0.25) is 5.96 Å². The number of benzene rings is 3. The van der Waals surface area contributed by atoms with E-state index < -0.39 is 0 Å². The van der Waals surface area contributed by atoms with E-state index in [9.17, 15) is 4.79 Å². The molecule has 180 valence electrons. The van der Waals surface area contributed by atoms with Crippen LogP contribution < -0.4 is 10.2 Å². The molecule has 0 spiro atoms. The number of hydrogen-bond donors (Lipinski definition) is 1. The van der Waals surface area contributed by atoms with E-state index in [0.29, 0.717) is 30.4 Å². The van der Waals surface area contributed by atoms with Gasteiger partial charge in [-0.25, -0.2) is 9.67 Å². The Kier molecular flexibility index (Phi) is 5.14. The quantitative estimate of drug-likeness (QED) is 0.420. The number of nitrogens with zero attached hydrogens (tertiary/aromatic N) is 5. The fourth-order valence-electron chi connectivity index (χ4n) is 4.89. The van der Waals surface area contributed by atoms with Crippen molar-refractivity contribution in [3.05, 3.63) is 96.1 Å². The summed E-state index contributed by atoms with van der Waals surface area (Å²) < 4.78 is 1.93. The molecule has 2 aliphatic heterocycles. The van der Waals surface area contributed by atoms with Gasteiger partial charge in [0.1, 0.15) is 11.4 Å². The summed E-state index contributed by atoms with van der Waals surface area (Å²) in [7, 11) is 1.78. The van der Waals surface area contributed by atoms with Gasteiger partial charge in [-0.1, -0.05) is 72.8 Å². The normalized spacial score (nSPS) is 16.0. The largest absolute Gasteiger partial charge is 0.338 e. The minimum atomic E-state index is -0.301. The number of anilines is 3. The molecule has 0 saturated carbocycles. The molecule has 2 aliphatic rings. The molecule has 3 aromatic carbocycles. The summed E-state index contributed by atoms with van der Waals surface area (Å²) in [6.45, 7) is 5.39. The topological polar surface area (TPSA) is 65.8 Å². The molecule has 7 heteroatoms. The van der Waals surface area contributed by atoms with Crippen molar-refractivity contribution in [2.24, 2.45) is 4.99 Å². The van der Waals surface area contributed by atoms with E-state index in [-0.39, 0.29) is 11.4 Å². The van der Waals surface area contributed by atoms with Crippen molar-refractivity contribution >= 4 is 29.2 Å². The van der Waals surface area contributed by atoms with Crippen molar-refractivity contribution in [1.82, 2.24) is 14.7 Å². The Hall–Kier alpha value is -4.39. The van der Waals surface area contributed by atoms with Crippen LogP contribution in [-0.4, -0.2) is 45.7 Å². The summed E-state index contributed by atoms with van der Waals surface area (Å²) in [4.78, 5) is 22.2. The summed E-state index contributed by atoms with van der Waals surface area (Å²) in [5.41, 5.74) is 4.61. The number of guanidine groups is 1. The molecule has 0 radical (unpaired) electrons. The van der Waals surface area contributed by atoms with Gasteiger partial charge in [0, 0.05) is 12.7 Å². The van der Waals surface area contributed by atoms with Crippen LogP contribution in [0.4, 0.5) is 17.3 Å². The lowest BCUT2D eigenvalue weighted by Gasteiger charge is -2.32. The lowest BCUT2D eigenvalue weighted by Crippen LogP contribution is -2.49. The van der Waals surface area contributed by atoms with Gasteiger partial charge < -0.3 is 5.32 Å². The van der Waals surface area contributed by atoms with E-state index in [4.69, 9.17) is 10.1 Å². The smallest absolute Gasteiger partial charge is 0.267 e. The first-order valence-electron chi connectivity index (χ1n) is 12.1. The SMILES string of the molecule is CN1C(=O)c2c(Nc3ccccc3)nn(Cc3ccc(-c4ccccc4)cc3)c2N2CC(C)(C)N=C12. The Bertz CT molecular complexity index is 1460. The number of para-hydroxylation sites is 1. The number of rotatable bonds is 5. The van der Waals surface area contributed by atoms with Crippen LogP contribution in [0, 0.1) is 0 Å². The van der Waals surface area contributed by atoms with Crippen molar-refractivity contribution < 1.29 is 4.79 Å². The van der Waals surface area contributed by atoms with Crippen molar-refractivity contribution in [1.29, 1.82) is 0 Å². The Morgan fingerprint density at radius 1 is 0.889 bits per heavy atom. The Labute approximate surface area is 210 Å². The summed E-state index contributed by atoms with van der Waals surface area (Å²) in [5, 5.41) is 8.29. The number of hydrogen-bond acceptors (Lipinski definition) is 5. The van der Waals surface area contributed by atoms with Crippen LogP contribution in [0.5, 0.6) is 0 Å². The minimum Gasteiger partial charge on any atom is -0.338 e. The zero-order valence-electron chi connectivity index (χ0n) is 20.6. The van der Waals surface area contributed by atoms with Gasteiger partial charge in [-0.05, 0) is 42.7 Å². The van der Waals surface area contributed by atoms with Crippen LogP contribution in [-0.2, 0) is 6.54 Å². The van der Waals surface area contributed by atoms with Crippen LogP contribution in [0.3, 0.4) is 0 Å². The number of amides is 1. The van der Waals surface area contributed by atoms with Crippen LogP contribution in [0.1, 0.15) is 29.8 Å². The molecule has 0 unspecified atom stereocenters.